The number of nitrogens with zero attached hydrogens (tertiary/aromatic N) is 2. The van der Waals surface area contributed by atoms with Crippen LogP contribution in [-0.4, -0.2) is 50.0 Å². The summed E-state index contributed by atoms with van der Waals surface area (Å²) in [6.07, 6.45) is 4.82. The van der Waals surface area contributed by atoms with Gasteiger partial charge >= 0.3 is 0 Å². The molecule has 1 aromatic rings. The van der Waals surface area contributed by atoms with Gasteiger partial charge in [-0.3, -0.25) is 4.90 Å². The summed E-state index contributed by atoms with van der Waals surface area (Å²) in [5, 5.41) is 3.05. The molecule has 0 amide bonds. The van der Waals surface area contributed by atoms with Crippen LogP contribution in [0.2, 0.25) is 0 Å². The lowest BCUT2D eigenvalue weighted by Gasteiger charge is -2.16. The topological polar surface area (TPSA) is 74.3 Å². The van der Waals surface area contributed by atoms with E-state index in [0.717, 1.165) is 26.1 Å². The smallest absolute Gasteiger partial charge is 0.242 e. The molecule has 0 bridgehead atoms. The second-order valence-electron chi connectivity index (χ2n) is 5.74. The molecule has 2 N–H and O–H groups in total. The molecule has 2 aliphatic rings. The van der Waals surface area contributed by atoms with Gasteiger partial charge in [-0.15, -0.1) is 0 Å². The Morgan fingerprint density at radius 3 is 2.76 bits per heavy atom. The van der Waals surface area contributed by atoms with Crippen LogP contribution in [-0.2, 0) is 10.0 Å². The molecule has 1 atom stereocenters. The predicted octanol–water partition coefficient (Wildman–Crippen LogP) is 1.03. The molecule has 1 aliphatic heterocycles. The minimum Gasteiger partial charge on any atom is -0.370 e. The van der Waals surface area contributed by atoms with E-state index < -0.39 is 10.0 Å². The molecule has 21 heavy (non-hydrogen) atoms. The fourth-order valence-electron chi connectivity index (χ4n) is 2.77. The highest BCUT2D eigenvalue weighted by Crippen LogP contribution is 2.30. The molecule has 1 unspecified atom stereocenters. The third kappa shape index (κ3) is 3.53. The van der Waals surface area contributed by atoms with Gasteiger partial charge in [0.15, 0.2) is 0 Å². The van der Waals surface area contributed by atoms with Crippen LogP contribution in [0.3, 0.4) is 0 Å². The van der Waals surface area contributed by atoms with Gasteiger partial charge in [-0.1, -0.05) is 0 Å². The summed E-state index contributed by atoms with van der Waals surface area (Å²) in [6, 6.07) is 4.01. The molecule has 6 nitrogen and oxygen atoms in total. The summed E-state index contributed by atoms with van der Waals surface area (Å²) >= 11 is 0. The zero-order chi connectivity index (χ0) is 14.9. The normalized spacial score (nSPS) is 23.4. The Morgan fingerprint density at radius 1 is 1.33 bits per heavy atom. The monoisotopic (exact) mass is 310 g/mol. The Labute approximate surface area is 126 Å². The van der Waals surface area contributed by atoms with Crippen LogP contribution in [0.1, 0.15) is 26.2 Å². The van der Waals surface area contributed by atoms with Crippen LogP contribution in [0, 0.1) is 0 Å². The molecule has 1 saturated carbocycles. The molecule has 2 fully saturated rings. The second-order valence-corrected chi connectivity index (χ2v) is 7.46. The van der Waals surface area contributed by atoms with Crippen molar-refractivity contribution in [2.75, 3.05) is 25.0 Å². The fraction of sp³-hybridized carbons (Fsp3) is 0.643. The van der Waals surface area contributed by atoms with Crippen LogP contribution in [0.5, 0.6) is 0 Å². The van der Waals surface area contributed by atoms with E-state index in [4.69, 9.17) is 0 Å². The summed E-state index contributed by atoms with van der Waals surface area (Å²) in [6.45, 7) is 4.55. The Morgan fingerprint density at radius 2 is 2.14 bits per heavy atom. The number of likely N-dealkylation sites (tertiary alicyclic amines) is 1. The number of pyridine rings is 1. The lowest BCUT2D eigenvalue weighted by Crippen LogP contribution is -2.37. The average Bonchev–Trinajstić information content (AvgIpc) is 3.21. The molecule has 7 heteroatoms. The summed E-state index contributed by atoms with van der Waals surface area (Å²) in [5.74, 6) is 0.692. The van der Waals surface area contributed by atoms with Gasteiger partial charge in [-0.25, -0.2) is 18.1 Å². The van der Waals surface area contributed by atoms with Crippen molar-refractivity contribution >= 4 is 15.8 Å². The summed E-state index contributed by atoms with van der Waals surface area (Å²) < 4.78 is 27.5. The molecule has 116 valence electrons. The van der Waals surface area contributed by atoms with Crippen molar-refractivity contribution in [2.45, 2.75) is 43.2 Å². The van der Waals surface area contributed by atoms with Gasteiger partial charge in [0.25, 0.3) is 0 Å². The van der Waals surface area contributed by atoms with Gasteiger partial charge < -0.3 is 5.32 Å². The zero-order valence-electron chi connectivity index (χ0n) is 12.2. The Balaban J connectivity index is 1.63. The third-order valence-electron chi connectivity index (χ3n) is 4.01. The zero-order valence-corrected chi connectivity index (χ0v) is 13.1. The van der Waals surface area contributed by atoms with Crippen molar-refractivity contribution in [1.82, 2.24) is 14.6 Å². The maximum absolute atomic E-state index is 12.4. The van der Waals surface area contributed by atoms with E-state index in [1.807, 2.05) is 6.92 Å². The number of anilines is 1. The van der Waals surface area contributed by atoms with Gasteiger partial charge in [-0.05, 0) is 38.3 Å². The molecule has 1 saturated heterocycles. The minimum atomic E-state index is -3.47. The van der Waals surface area contributed by atoms with Crippen molar-refractivity contribution in [3.63, 3.8) is 0 Å². The Hall–Kier alpha value is -1.18. The van der Waals surface area contributed by atoms with Crippen LogP contribution in [0.15, 0.2) is 23.2 Å². The third-order valence-corrected chi connectivity index (χ3v) is 5.52. The first kappa shape index (κ1) is 14.7. The summed E-state index contributed by atoms with van der Waals surface area (Å²) in [7, 11) is -3.47. The molecule has 1 aromatic heterocycles. The number of nitrogens with one attached hydrogen (secondary N) is 2. The standard InChI is InChI=1S/C14H22N4O2S/c1-2-15-14-6-5-13(9-16-14)21(19,20)17-11-7-8-18(10-11)12-3-4-12/h5-6,9,11-12,17H,2-4,7-8,10H2,1H3,(H,15,16). The van der Waals surface area contributed by atoms with Gasteiger partial charge in [0.1, 0.15) is 10.7 Å². The van der Waals surface area contributed by atoms with Crippen molar-refractivity contribution < 1.29 is 8.42 Å². The summed E-state index contributed by atoms with van der Waals surface area (Å²) in [5.41, 5.74) is 0. The number of hydrogen-bond donors (Lipinski definition) is 2. The first-order valence-electron chi connectivity index (χ1n) is 7.55. The highest BCUT2D eigenvalue weighted by Gasteiger charge is 2.35. The van der Waals surface area contributed by atoms with E-state index in [9.17, 15) is 8.42 Å². The number of rotatable bonds is 6. The first-order valence-corrected chi connectivity index (χ1v) is 9.03. The van der Waals surface area contributed by atoms with Crippen LogP contribution >= 0.6 is 0 Å². The lowest BCUT2D eigenvalue weighted by molar-refractivity contribution is 0.322. The molecular weight excluding hydrogens is 288 g/mol. The van der Waals surface area contributed by atoms with E-state index in [2.05, 4.69) is 19.9 Å². The maximum atomic E-state index is 12.4. The van der Waals surface area contributed by atoms with E-state index in [-0.39, 0.29) is 10.9 Å². The Bertz CT molecular complexity index is 583. The number of sulfonamides is 1. The largest absolute Gasteiger partial charge is 0.370 e. The Kier molecular flexibility index (Phi) is 4.14. The van der Waals surface area contributed by atoms with Gasteiger partial charge in [0.2, 0.25) is 10.0 Å². The molecular formula is C14H22N4O2S. The van der Waals surface area contributed by atoms with Crippen molar-refractivity contribution in [3.05, 3.63) is 18.3 Å². The van der Waals surface area contributed by atoms with Gasteiger partial charge in [0.05, 0.1) is 0 Å². The SMILES string of the molecule is CCNc1ccc(S(=O)(=O)NC2CCN(C3CC3)C2)cn1. The first-order chi connectivity index (χ1) is 10.1. The van der Waals surface area contributed by atoms with E-state index in [0.29, 0.717) is 11.9 Å². The molecule has 2 heterocycles. The summed E-state index contributed by atoms with van der Waals surface area (Å²) in [4.78, 5) is 6.74. The molecule has 0 radical (unpaired) electrons. The average molecular weight is 310 g/mol. The van der Waals surface area contributed by atoms with Crippen LogP contribution in [0.4, 0.5) is 5.82 Å². The number of hydrogen-bond acceptors (Lipinski definition) is 5. The predicted molar refractivity (Wildman–Crippen MR) is 81.7 cm³/mol. The maximum Gasteiger partial charge on any atom is 0.242 e. The highest BCUT2D eigenvalue weighted by molar-refractivity contribution is 7.89. The van der Waals surface area contributed by atoms with Crippen LogP contribution < -0.4 is 10.0 Å². The van der Waals surface area contributed by atoms with E-state index in [1.54, 1.807) is 12.1 Å². The van der Waals surface area contributed by atoms with Crippen molar-refractivity contribution in [2.24, 2.45) is 0 Å². The molecule has 0 spiro atoms. The van der Waals surface area contributed by atoms with E-state index in [1.165, 1.54) is 19.0 Å². The molecule has 0 aromatic carbocycles. The minimum absolute atomic E-state index is 0.0176. The van der Waals surface area contributed by atoms with Crippen LogP contribution in [0.25, 0.3) is 0 Å². The molecule has 3 rings (SSSR count). The van der Waals surface area contributed by atoms with Gasteiger partial charge in [0, 0.05) is 37.9 Å². The van der Waals surface area contributed by atoms with Crippen molar-refractivity contribution in [1.29, 1.82) is 0 Å². The quantitative estimate of drug-likeness (QED) is 0.821. The highest BCUT2D eigenvalue weighted by atomic mass is 32.2. The van der Waals surface area contributed by atoms with Crippen molar-refractivity contribution in [3.8, 4) is 0 Å². The lowest BCUT2D eigenvalue weighted by atomic mass is 10.3. The van der Waals surface area contributed by atoms with Gasteiger partial charge in [-0.2, -0.15) is 0 Å². The number of aromatic nitrogens is 1. The molecule has 1 aliphatic carbocycles. The fourth-order valence-corrected chi connectivity index (χ4v) is 3.97. The second kappa shape index (κ2) is 5.90. The van der Waals surface area contributed by atoms with E-state index >= 15 is 0 Å².